The second kappa shape index (κ2) is 3.09. The van der Waals surface area contributed by atoms with E-state index in [0.717, 1.165) is 13.1 Å². The minimum absolute atomic E-state index is 0.589. The first-order valence-corrected chi connectivity index (χ1v) is 5.58. The Morgan fingerprint density at radius 3 is 2.07 bits per heavy atom. The van der Waals surface area contributed by atoms with Crippen molar-refractivity contribution in [1.29, 1.82) is 0 Å². The van der Waals surface area contributed by atoms with Gasteiger partial charge in [0.05, 0.1) is 0 Å². The van der Waals surface area contributed by atoms with Crippen LogP contribution in [-0.2, 0) is 12.8 Å². The number of hydrogen-bond donors (Lipinski definition) is 0. The molecule has 1 aliphatic heterocycles. The lowest BCUT2D eigenvalue weighted by Crippen LogP contribution is -2.33. The van der Waals surface area contributed by atoms with E-state index in [0.29, 0.717) is 5.41 Å². The first-order valence-electron chi connectivity index (χ1n) is 5.58. The van der Waals surface area contributed by atoms with Gasteiger partial charge in [0, 0.05) is 13.1 Å². The Hall–Kier alpha value is -0.820. The van der Waals surface area contributed by atoms with Crippen LogP contribution in [0.1, 0.15) is 24.0 Å². The summed E-state index contributed by atoms with van der Waals surface area (Å²) in [5, 5.41) is 4.46. The summed E-state index contributed by atoms with van der Waals surface area (Å²) in [7, 11) is 0. The molecule has 1 heteroatoms. The van der Waals surface area contributed by atoms with Gasteiger partial charge in [-0.05, 0) is 42.2 Å². The van der Waals surface area contributed by atoms with Gasteiger partial charge in [0.2, 0.25) is 0 Å². The zero-order valence-corrected chi connectivity index (χ0v) is 8.50. The van der Waals surface area contributed by atoms with Crippen molar-refractivity contribution in [3.05, 3.63) is 35.4 Å². The average molecular weight is 186 g/mol. The predicted octanol–water partition coefficient (Wildman–Crippen LogP) is 2.17. The first kappa shape index (κ1) is 8.49. The maximum absolute atomic E-state index is 4.46. The molecule has 1 spiro atoms. The van der Waals surface area contributed by atoms with E-state index in [-0.39, 0.29) is 0 Å². The van der Waals surface area contributed by atoms with Crippen molar-refractivity contribution in [2.24, 2.45) is 5.41 Å². The van der Waals surface area contributed by atoms with Crippen LogP contribution in [0, 0.1) is 5.41 Å². The molecule has 0 N–H and O–H groups in total. The summed E-state index contributed by atoms with van der Waals surface area (Å²) in [5.41, 5.74) is 3.77. The van der Waals surface area contributed by atoms with Crippen LogP contribution in [-0.4, -0.2) is 13.1 Å². The Labute approximate surface area is 85.5 Å². The van der Waals surface area contributed by atoms with E-state index in [9.17, 15) is 0 Å². The van der Waals surface area contributed by atoms with Gasteiger partial charge in [-0.1, -0.05) is 24.3 Å². The van der Waals surface area contributed by atoms with Gasteiger partial charge in [0.1, 0.15) is 0 Å². The summed E-state index contributed by atoms with van der Waals surface area (Å²) in [6.07, 6.45) is 5.22. The van der Waals surface area contributed by atoms with E-state index in [1.165, 1.54) is 25.7 Å². The molecule has 1 heterocycles. The van der Waals surface area contributed by atoms with Crippen molar-refractivity contribution in [1.82, 2.24) is 5.32 Å². The fraction of sp³-hybridized carbons (Fsp3) is 0.538. The van der Waals surface area contributed by atoms with E-state index >= 15 is 0 Å². The third kappa shape index (κ3) is 1.27. The molecule has 0 aromatic heterocycles. The lowest BCUT2D eigenvalue weighted by molar-refractivity contribution is 0.213. The molecule has 1 fully saturated rings. The highest BCUT2D eigenvalue weighted by Crippen LogP contribution is 2.43. The largest absolute Gasteiger partial charge is 0.242 e. The molecule has 73 valence electrons. The normalized spacial score (nSPS) is 23.7. The maximum atomic E-state index is 4.46. The molecular weight excluding hydrogens is 170 g/mol. The van der Waals surface area contributed by atoms with Crippen molar-refractivity contribution < 1.29 is 0 Å². The second-order valence-electron chi connectivity index (χ2n) is 4.79. The summed E-state index contributed by atoms with van der Waals surface area (Å²) in [4.78, 5) is 0. The highest BCUT2D eigenvalue weighted by atomic mass is 14.9. The summed E-state index contributed by atoms with van der Waals surface area (Å²) in [6, 6.07) is 8.95. The Balaban J connectivity index is 1.89. The molecule has 0 atom stereocenters. The molecule has 0 saturated carbocycles. The minimum Gasteiger partial charge on any atom is -0.242 e. The molecule has 0 unspecified atom stereocenters. The molecule has 0 bridgehead atoms. The number of fused-ring (bicyclic) bond motifs is 1. The van der Waals surface area contributed by atoms with Gasteiger partial charge in [-0.3, -0.25) is 0 Å². The predicted molar refractivity (Wildman–Crippen MR) is 57.4 cm³/mol. The van der Waals surface area contributed by atoms with Gasteiger partial charge in [-0.2, -0.15) is 0 Å². The summed E-state index contributed by atoms with van der Waals surface area (Å²) in [5.74, 6) is 0. The summed E-state index contributed by atoms with van der Waals surface area (Å²) < 4.78 is 0. The topological polar surface area (TPSA) is 14.1 Å². The van der Waals surface area contributed by atoms with Crippen LogP contribution in [0.15, 0.2) is 24.3 Å². The number of piperidine rings is 1. The van der Waals surface area contributed by atoms with Crippen LogP contribution in [0.5, 0.6) is 0 Å². The molecule has 1 nitrogen and oxygen atoms in total. The number of hydrogen-bond acceptors (Lipinski definition) is 0. The van der Waals surface area contributed by atoms with Crippen molar-refractivity contribution in [3.63, 3.8) is 0 Å². The third-order valence-electron chi connectivity index (χ3n) is 3.85. The van der Waals surface area contributed by atoms with Crippen molar-refractivity contribution >= 4 is 0 Å². The quantitative estimate of drug-likeness (QED) is 0.589. The lowest BCUT2D eigenvalue weighted by atomic mass is 9.76. The van der Waals surface area contributed by atoms with Crippen LogP contribution in [0.4, 0.5) is 0 Å². The fourth-order valence-electron chi connectivity index (χ4n) is 3.00. The molecule has 2 aliphatic rings. The lowest BCUT2D eigenvalue weighted by Gasteiger charge is -2.32. The molecule has 1 radical (unpaired) electrons. The standard InChI is InChI=1S/C13H16N/c1-2-4-12-10-13(9-11(12)3-1)5-7-14-8-6-13/h1-4H,5-10H2. The molecule has 1 aromatic rings. The van der Waals surface area contributed by atoms with Gasteiger partial charge >= 0.3 is 0 Å². The van der Waals surface area contributed by atoms with E-state index in [1.807, 2.05) is 0 Å². The van der Waals surface area contributed by atoms with E-state index < -0.39 is 0 Å². The highest BCUT2D eigenvalue weighted by Gasteiger charge is 2.37. The minimum atomic E-state index is 0.589. The van der Waals surface area contributed by atoms with E-state index in [4.69, 9.17) is 0 Å². The number of nitrogens with zero attached hydrogens (tertiary/aromatic N) is 1. The maximum Gasteiger partial charge on any atom is 0.0138 e. The SMILES string of the molecule is c1ccc2c(c1)CC1(CC[N]CC1)C2. The summed E-state index contributed by atoms with van der Waals surface area (Å²) >= 11 is 0. The van der Waals surface area contributed by atoms with Gasteiger partial charge in [0.15, 0.2) is 0 Å². The van der Waals surface area contributed by atoms with Crippen LogP contribution in [0.2, 0.25) is 0 Å². The van der Waals surface area contributed by atoms with Crippen molar-refractivity contribution in [2.75, 3.05) is 13.1 Å². The number of rotatable bonds is 0. The third-order valence-corrected chi connectivity index (χ3v) is 3.85. The van der Waals surface area contributed by atoms with Crippen LogP contribution in [0.3, 0.4) is 0 Å². The molecular formula is C13H16N. The Bertz CT molecular complexity index is 310. The van der Waals surface area contributed by atoms with Crippen LogP contribution < -0.4 is 5.32 Å². The fourth-order valence-corrected chi connectivity index (χ4v) is 3.00. The Kier molecular flexibility index (Phi) is 1.88. The van der Waals surface area contributed by atoms with Crippen LogP contribution >= 0.6 is 0 Å². The number of benzene rings is 1. The van der Waals surface area contributed by atoms with Gasteiger partial charge in [-0.15, -0.1) is 0 Å². The Morgan fingerprint density at radius 1 is 0.929 bits per heavy atom. The smallest absolute Gasteiger partial charge is 0.0138 e. The van der Waals surface area contributed by atoms with E-state index in [2.05, 4.69) is 29.6 Å². The molecule has 3 rings (SSSR count). The van der Waals surface area contributed by atoms with E-state index in [1.54, 1.807) is 11.1 Å². The van der Waals surface area contributed by atoms with Crippen LogP contribution in [0.25, 0.3) is 0 Å². The molecule has 0 amide bonds. The monoisotopic (exact) mass is 186 g/mol. The Morgan fingerprint density at radius 2 is 1.50 bits per heavy atom. The molecule has 1 aliphatic carbocycles. The summed E-state index contributed by atoms with van der Waals surface area (Å²) in [6.45, 7) is 2.18. The first-order chi connectivity index (χ1) is 6.88. The van der Waals surface area contributed by atoms with Gasteiger partial charge < -0.3 is 0 Å². The van der Waals surface area contributed by atoms with Crippen molar-refractivity contribution in [2.45, 2.75) is 25.7 Å². The van der Waals surface area contributed by atoms with Gasteiger partial charge in [0.25, 0.3) is 0 Å². The molecule has 14 heavy (non-hydrogen) atoms. The molecule has 1 saturated heterocycles. The van der Waals surface area contributed by atoms with Gasteiger partial charge in [-0.25, -0.2) is 5.32 Å². The van der Waals surface area contributed by atoms with Crippen molar-refractivity contribution in [3.8, 4) is 0 Å². The zero-order valence-electron chi connectivity index (χ0n) is 8.50. The highest BCUT2D eigenvalue weighted by molar-refractivity contribution is 5.34. The zero-order chi connectivity index (χ0) is 9.43. The second-order valence-corrected chi connectivity index (χ2v) is 4.79. The molecule has 1 aromatic carbocycles. The average Bonchev–Trinajstić information content (AvgIpc) is 2.56.